The number of ether oxygens (including phenoxy) is 1. The highest BCUT2D eigenvalue weighted by Gasteiger charge is 2.70. The third-order valence-electron chi connectivity index (χ3n) is 11.8. The summed E-state index contributed by atoms with van der Waals surface area (Å²) in [5, 5.41) is 11.5. The number of rotatable bonds is 6. The lowest BCUT2D eigenvalue weighted by molar-refractivity contribution is -0.143. The van der Waals surface area contributed by atoms with Crippen molar-refractivity contribution in [2.75, 3.05) is 17.4 Å². The van der Waals surface area contributed by atoms with E-state index in [1.807, 2.05) is 6.92 Å². The Bertz CT molecular complexity index is 2390. The van der Waals surface area contributed by atoms with Crippen molar-refractivity contribution in [1.29, 1.82) is 0 Å². The molecule has 4 aromatic rings. The van der Waals surface area contributed by atoms with Crippen molar-refractivity contribution >= 4 is 46.6 Å². The number of hydrogen-bond donors (Lipinski definition) is 2. The summed E-state index contributed by atoms with van der Waals surface area (Å²) in [6.45, 7) is 1.86. The van der Waals surface area contributed by atoms with Crippen LogP contribution in [0, 0.1) is 30.6 Å². The summed E-state index contributed by atoms with van der Waals surface area (Å²) in [5.41, 5.74) is -0.644. The number of imide groups is 2. The van der Waals surface area contributed by atoms with E-state index < -0.39 is 93.5 Å². The number of phenolic OH excluding ortho intramolecular Hbond substituents is 1. The fourth-order valence-electron chi connectivity index (χ4n) is 9.36. The molecule has 3 fully saturated rings. The van der Waals surface area contributed by atoms with E-state index in [9.17, 15) is 45.8 Å². The molecule has 0 radical (unpaired) electrons. The van der Waals surface area contributed by atoms with Gasteiger partial charge in [-0.15, -0.1) is 0 Å². The zero-order valence-electron chi connectivity index (χ0n) is 30.5. The Balaban J connectivity index is 1.32. The van der Waals surface area contributed by atoms with Crippen LogP contribution in [-0.2, 0) is 36.9 Å². The standard InChI is InChI=1S/C42H32ClF6N3O6/c1-20-8-10-25(11-9-20)50-52-37(55)30-19-29-27(34(21-14-31(43)35(53)32(15-21)58-2)40(30,39(52)57)22-6-4-3-5-7-22)12-13-28-33(29)38(56)51(36(28)54)26-17-23(41(44,45)46)16-24(18-26)42(47,48)49/h3-12,14-18,28-30,33-34,50,53H,13,19H2,1-2H3/t28-,29+,30-,33-,34-,40+/m0/s1. The maximum absolute atomic E-state index is 15.3. The Kier molecular flexibility index (Phi) is 9.18. The van der Waals surface area contributed by atoms with Crippen molar-refractivity contribution < 1.29 is 55.4 Å². The number of phenols is 1. The number of anilines is 2. The lowest BCUT2D eigenvalue weighted by Gasteiger charge is -2.50. The molecule has 4 aromatic carbocycles. The van der Waals surface area contributed by atoms with Crippen LogP contribution in [-0.4, -0.2) is 40.9 Å². The maximum Gasteiger partial charge on any atom is 0.416 e. The minimum Gasteiger partial charge on any atom is -0.503 e. The molecule has 1 saturated carbocycles. The number of hydrazine groups is 1. The first kappa shape index (κ1) is 39.0. The molecule has 0 unspecified atom stereocenters. The zero-order valence-corrected chi connectivity index (χ0v) is 31.2. The van der Waals surface area contributed by atoms with Gasteiger partial charge < -0.3 is 9.84 Å². The molecule has 2 aliphatic carbocycles. The van der Waals surface area contributed by atoms with Crippen LogP contribution in [0.25, 0.3) is 0 Å². The number of methoxy groups -OCH3 is 1. The van der Waals surface area contributed by atoms with Crippen molar-refractivity contribution in [2.24, 2.45) is 23.7 Å². The lowest BCUT2D eigenvalue weighted by atomic mass is 9.49. The van der Waals surface area contributed by atoms with Crippen LogP contribution in [0.1, 0.15) is 46.6 Å². The summed E-state index contributed by atoms with van der Waals surface area (Å²) in [5.74, 6) is -9.83. The fourth-order valence-corrected chi connectivity index (χ4v) is 9.58. The molecule has 0 spiro atoms. The smallest absolute Gasteiger partial charge is 0.416 e. The molecule has 16 heteroatoms. The van der Waals surface area contributed by atoms with Gasteiger partial charge in [0.1, 0.15) is 0 Å². The fraction of sp³-hybridized carbons (Fsp3) is 0.286. The predicted octanol–water partition coefficient (Wildman–Crippen LogP) is 8.59. The summed E-state index contributed by atoms with van der Waals surface area (Å²) < 4.78 is 89.0. The molecular weight excluding hydrogens is 792 g/mol. The van der Waals surface area contributed by atoms with E-state index in [-0.39, 0.29) is 29.7 Å². The third-order valence-corrected chi connectivity index (χ3v) is 12.1. The summed E-state index contributed by atoms with van der Waals surface area (Å²) in [6.07, 6.45) is -9.23. The van der Waals surface area contributed by atoms with Crippen molar-refractivity contribution in [3.05, 3.63) is 129 Å². The van der Waals surface area contributed by atoms with Gasteiger partial charge in [0, 0.05) is 5.92 Å². The molecular formula is C42H32ClF6N3O6. The van der Waals surface area contributed by atoms with Crippen LogP contribution in [0.2, 0.25) is 5.02 Å². The molecule has 2 aliphatic heterocycles. The average molecular weight is 824 g/mol. The molecule has 58 heavy (non-hydrogen) atoms. The highest BCUT2D eigenvalue weighted by molar-refractivity contribution is 6.32. The van der Waals surface area contributed by atoms with Crippen molar-refractivity contribution in [3.8, 4) is 11.5 Å². The SMILES string of the molecule is COc1cc([C@H]2C3=CC[C@@H]4C(=O)N(c5cc(C(F)(F)F)cc(C(F)(F)F)c5)C(=O)[C@@H]4[C@@H]3C[C@H]3C(=O)N(Nc4ccc(C)cc4)C(=O)[C@@]23c2ccccc2)cc(Cl)c1O. The predicted molar refractivity (Wildman–Crippen MR) is 197 cm³/mol. The molecule has 6 atom stereocenters. The van der Waals surface area contributed by atoms with E-state index in [1.165, 1.54) is 19.2 Å². The van der Waals surface area contributed by atoms with Crippen molar-refractivity contribution in [3.63, 3.8) is 0 Å². The number of carbonyl (C=O) groups is 4. The Labute approximate surface area is 331 Å². The highest BCUT2D eigenvalue weighted by Crippen LogP contribution is 2.65. The first-order valence-corrected chi connectivity index (χ1v) is 18.5. The quantitative estimate of drug-likeness (QED) is 0.114. The Morgan fingerprint density at radius 2 is 1.47 bits per heavy atom. The molecule has 8 rings (SSSR count). The molecule has 2 saturated heterocycles. The van der Waals surface area contributed by atoms with E-state index in [2.05, 4.69) is 5.43 Å². The van der Waals surface area contributed by atoms with Gasteiger partial charge in [-0.1, -0.05) is 71.3 Å². The molecule has 4 amide bonds. The number of alkyl halides is 6. The number of carbonyl (C=O) groups excluding carboxylic acids is 4. The van der Waals surface area contributed by atoms with Crippen LogP contribution in [0.15, 0.2) is 96.6 Å². The number of halogens is 7. The summed E-state index contributed by atoms with van der Waals surface area (Å²) in [7, 11) is 1.28. The molecule has 4 aliphatic rings. The minimum atomic E-state index is -5.25. The molecule has 0 aromatic heterocycles. The van der Waals surface area contributed by atoms with E-state index in [4.69, 9.17) is 16.3 Å². The number of nitrogens with one attached hydrogen (secondary N) is 1. The third kappa shape index (κ3) is 5.92. The van der Waals surface area contributed by atoms with E-state index in [0.717, 1.165) is 10.6 Å². The van der Waals surface area contributed by atoms with Crippen molar-refractivity contribution in [2.45, 2.75) is 43.5 Å². The van der Waals surface area contributed by atoms with Gasteiger partial charge in [-0.05, 0) is 79.3 Å². The van der Waals surface area contributed by atoms with Crippen LogP contribution in [0.3, 0.4) is 0 Å². The first-order valence-electron chi connectivity index (χ1n) is 18.1. The second-order valence-electron chi connectivity index (χ2n) is 14.9. The molecule has 2 heterocycles. The Morgan fingerprint density at radius 3 is 2.07 bits per heavy atom. The van der Waals surface area contributed by atoms with Crippen LogP contribution in [0.5, 0.6) is 11.5 Å². The summed E-state index contributed by atoms with van der Waals surface area (Å²) >= 11 is 6.56. The first-order chi connectivity index (χ1) is 27.4. The second kappa shape index (κ2) is 13.6. The zero-order chi connectivity index (χ0) is 41.6. The Morgan fingerprint density at radius 1 is 0.828 bits per heavy atom. The number of nitrogens with zero attached hydrogens (tertiary/aromatic N) is 2. The van der Waals surface area contributed by atoms with Crippen LogP contribution >= 0.6 is 11.6 Å². The average Bonchev–Trinajstić information content (AvgIpc) is 3.56. The van der Waals surface area contributed by atoms with Gasteiger partial charge in [0.25, 0.3) is 11.8 Å². The molecule has 0 bridgehead atoms. The molecule has 300 valence electrons. The summed E-state index contributed by atoms with van der Waals surface area (Å²) in [4.78, 5) is 59.2. The lowest BCUT2D eigenvalue weighted by Crippen LogP contribution is -2.53. The number of amides is 4. The van der Waals surface area contributed by atoms with Gasteiger partial charge in [0.05, 0.1) is 57.8 Å². The largest absolute Gasteiger partial charge is 0.503 e. The topological polar surface area (TPSA) is 116 Å². The highest BCUT2D eigenvalue weighted by atomic mass is 35.5. The number of hydrogen-bond acceptors (Lipinski definition) is 7. The van der Waals surface area contributed by atoms with Gasteiger partial charge in [0.15, 0.2) is 11.5 Å². The number of fused-ring (bicyclic) bond motifs is 4. The van der Waals surface area contributed by atoms with Gasteiger partial charge >= 0.3 is 12.4 Å². The maximum atomic E-state index is 15.3. The Hall–Kier alpha value is -5.83. The monoisotopic (exact) mass is 823 g/mol. The minimum absolute atomic E-state index is 0.0756. The van der Waals surface area contributed by atoms with Gasteiger partial charge in [-0.2, -0.15) is 31.4 Å². The number of aryl methyl sites for hydroxylation is 1. The number of allylic oxidation sites excluding steroid dienone is 2. The van der Waals surface area contributed by atoms with Gasteiger partial charge in [0.2, 0.25) is 11.8 Å². The van der Waals surface area contributed by atoms with Gasteiger partial charge in [-0.25, -0.2) is 4.90 Å². The van der Waals surface area contributed by atoms with E-state index >= 15 is 4.79 Å². The molecule has 2 N–H and O–H groups in total. The second-order valence-corrected chi connectivity index (χ2v) is 15.3. The van der Waals surface area contributed by atoms with Crippen LogP contribution < -0.4 is 15.1 Å². The normalized spacial score (nSPS) is 25.7. The van der Waals surface area contributed by atoms with Gasteiger partial charge in [-0.3, -0.25) is 24.6 Å². The van der Waals surface area contributed by atoms with Crippen LogP contribution in [0.4, 0.5) is 37.7 Å². The van der Waals surface area contributed by atoms with Crippen molar-refractivity contribution in [1.82, 2.24) is 5.01 Å². The van der Waals surface area contributed by atoms with E-state index in [0.29, 0.717) is 39.4 Å². The van der Waals surface area contributed by atoms with E-state index in [1.54, 1.807) is 60.7 Å². The number of aromatic hydroxyl groups is 1. The number of benzene rings is 4. The molecule has 9 nitrogen and oxygen atoms in total. The summed E-state index contributed by atoms with van der Waals surface area (Å²) in [6, 6.07) is 18.8.